The lowest BCUT2D eigenvalue weighted by Gasteiger charge is -2.31. The van der Waals surface area contributed by atoms with Gasteiger partial charge in [-0.25, -0.2) is 9.97 Å². The number of hydrogen-bond acceptors (Lipinski definition) is 7. The van der Waals surface area contributed by atoms with Crippen molar-refractivity contribution in [3.05, 3.63) is 71.9 Å². The van der Waals surface area contributed by atoms with Gasteiger partial charge in [0.2, 0.25) is 5.91 Å². The molecule has 0 spiro atoms. The van der Waals surface area contributed by atoms with Gasteiger partial charge in [0.05, 0.1) is 25.2 Å². The Morgan fingerprint density at radius 2 is 1.82 bits per heavy atom. The Hall–Kier alpha value is -3.95. The summed E-state index contributed by atoms with van der Waals surface area (Å²) in [5.41, 5.74) is 3.93. The van der Waals surface area contributed by atoms with Crippen LogP contribution in [0.4, 0.5) is 5.82 Å². The number of nitrogens with zero attached hydrogens (tertiary/aromatic N) is 3. The van der Waals surface area contributed by atoms with E-state index in [-0.39, 0.29) is 12.0 Å². The topological polar surface area (TPSA) is 104 Å². The summed E-state index contributed by atoms with van der Waals surface area (Å²) in [5, 5.41) is 7.09. The maximum atomic E-state index is 11.3. The number of para-hydroxylation sites is 1. The maximum Gasteiger partial charge on any atom is 0.216 e. The average molecular weight is 543 g/mol. The second-order valence-corrected chi connectivity index (χ2v) is 10.1. The van der Waals surface area contributed by atoms with Gasteiger partial charge in [-0.05, 0) is 37.0 Å². The first-order valence-corrected chi connectivity index (χ1v) is 14.0. The van der Waals surface area contributed by atoms with Gasteiger partial charge in [0.15, 0.2) is 5.82 Å². The van der Waals surface area contributed by atoms with Crippen LogP contribution in [0.1, 0.15) is 31.0 Å². The lowest BCUT2D eigenvalue weighted by Crippen LogP contribution is -2.38. The number of benzene rings is 2. The number of anilines is 1. The molecule has 3 heterocycles. The fourth-order valence-electron chi connectivity index (χ4n) is 5.11. The molecular formula is C31H38N6O3. The van der Waals surface area contributed by atoms with Crippen molar-refractivity contribution in [1.29, 1.82) is 0 Å². The number of methoxy groups -OCH3 is 1. The first kappa shape index (κ1) is 27.6. The summed E-state index contributed by atoms with van der Waals surface area (Å²) in [6, 6.07) is 20.2. The minimum Gasteiger partial charge on any atom is -0.496 e. The zero-order chi connectivity index (χ0) is 27.7. The number of amides is 1. The predicted molar refractivity (Wildman–Crippen MR) is 157 cm³/mol. The number of H-pyrrole nitrogens is 1. The highest BCUT2D eigenvalue weighted by molar-refractivity contribution is 5.89. The Bertz CT molecular complexity index is 1400. The van der Waals surface area contributed by atoms with Crippen LogP contribution in [0, 0.1) is 0 Å². The molecule has 4 aromatic rings. The van der Waals surface area contributed by atoms with Crippen molar-refractivity contribution in [2.75, 3.05) is 45.2 Å². The van der Waals surface area contributed by atoms with E-state index in [0.717, 1.165) is 72.8 Å². The SMILES string of the molecule is COc1ccccc1CCN1CCC(OCc2cc3c(NCCNC(C)=O)nc(-c4ccccc4)nc3[nH]2)CC1. The zero-order valence-corrected chi connectivity index (χ0v) is 23.3. The number of ether oxygens (including phenoxy) is 2. The first-order valence-electron chi connectivity index (χ1n) is 14.0. The Balaban J connectivity index is 1.19. The van der Waals surface area contributed by atoms with Gasteiger partial charge in [-0.3, -0.25) is 4.79 Å². The summed E-state index contributed by atoms with van der Waals surface area (Å²) in [5.74, 6) is 2.29. The van der Waals surface area contributed by atoms with E-state index in [1.807, 2.05) is 42.5 Å². The number of likely N-dealkylation sites (tertiary alicyclic amines) is 1. The third-order valence-electron chi connectivity index (χ3n) is 7.27. The molecule has 0 atom stereocenters. The van der Waals surface area contributed by atoms with E-state index in [1.165, 1.54) is 12.5 Å². The van der Waals surface area contributed by atoms with E-state index in [2.05, 4.69) is 38.7 Å². The van der Waals surface area contributed by atoms with Gasteiger partial charge in [0, 0.05) is 50.9 Å². The molecule has 0 unspecified atom stereocenters. The smallest absolute Gasteiger partial charge is 0.216 e. The van der Waals surface area contributed by atoms with E-state index < -0.39 is 0 Å². The average Bonchev–Trinajstić information content (AvgIpc) is 3.41. The van der Waals surface area contributed by atoms with E-state index >= 15 is 0 Å². The van der Waals surface area contributed by atoms with E-state index in [9.17, 15) is 4.79 Å². The molecule has 5 rings (SSSR count). The van der Waals surface area contributed by atoms with Gasteiger partial charge in [-0.15, -0.1) is 0 Å². The van der Waals surface area contributed by atoms with Crippen molar-refractivity contribution in [3.63, 3.8) is 0 Å². The third kappa shape index (κ3) is 7.16. The number of nitrogens with one attached hydrogen (secondary N) is 3. The number of hydrogen-bond donors (Lipinski definition) is 3. The van der Waals surface area contributed by atoms with Crippen LogP contribution in [0.25, 0.3) is 22.4 Å². The molecule has 1 amide bonds. The van der Waals surface area contributed by atoms with Crippen LogP contribution in [0.5, 0.6) is 5.75 Å². The van der Waals surface area contributed by atoms with Crippen LogP contribution < -0.4 is 15.4 Å². The fraction of sp³-hybridized carbons (Fsp3) is 0.387. The van der Waals surface area contributed by atoms with Crippen molar-refractivity contribution < 1.29 is 14.3 Å². The summed E-state index contributed by atoms with van der Waals surface area (Å²) in [4.78, 5) is 26.8. The fourth-order valence-corrected chi connectivity index (χ4v) is 5.11. The second kappa shape index (κ2) is 13.4. The first-order chi connectivity index (χ1) is 19.6. The van der Waals surface area contributed by atoms with Crippen LogP contribution in [0.2, 0.25) is 0 Å². The molecule has 210 valence electrons. The Labute approximate surface area is 235 Å². The van der Waals surface area contributed by atoms with Gasteiger partial charge in [0.25, 0.3) is 0 Å². The maximum absolute atomic E-state index is 11.3. The molecule has 1 fully saturated rings. The van der Waals surface area contributed by atoms with Crippen molar-refractivity contribution >= 4 is 22.8 Å². The number of carbonyl (C=O) groups excluding carboxylic acids is 1. The molecule has 0 bridgehead atoms. The lowest BCUT2D eigenvalue weighted by atomic mass is 10.1. The predicted octanol–water partition coefficient (Wildman–Crippen LogP) is 4.41. The molecule has 2 aromatic heterocycles. The quantitative estimate of drug-likeness (QED) is 0.228. The second-order valence-electron chi connectivity index (χ2n) is 10.1. The molecule has 40 heavy (non-hydrogen) atoms. The van der Waals surface area contributed by atoms with Crippen LogP contribution in [-0.4, -0.2) is 71.7 Å². The summed E-state index contributed by atoms with van der Waals surface area (Å²) >= 11 is 0. The van der Waals surface area contributed by atoms with Crippen molar-refractivity contribution in [3.8, 4) is 17.1 Å². The molecule has 3 N–H and O–H groups in total. The molecular weight excluding hydrogens is 504 g/mol. The van der Waals surface area contributed by atoms with E-state index in [1.54, 1.807) is 7.11 Å². The summed E-state index contributed by atoms with van der Waals surface area (Å²) in [6.45, 7) is 6.16. The highest BCUT2D eigenvalue weighted by atomic mass is 16.5. The van der Waals surface area contributed by atoms with Crippen LogP contribution >= 0.6 is 0 Å². The van der Waals surface area contributed by atoms with Crippen LogP contribution in [0.3, 0.4) is 0 Å². The zero-order valence-electron chi connectivity index (χ0n) is 23.3. The lowest BCUT2D eigenvalue weighted by molar-refractivity contribution is -0.118. The van der Waals surface area contributed by atoms with E-state index in [4.69, 9.17) is 19.4 Å². The molecule has 9 nitrogen and oxygen atoms in total. The van der Waals surface area contributed by atoms with Crippen molar-refractivity contribution in [1.82, 2.24) is 25.2 Å². The number of aromatic amines is 1. The highest BCUT2D eigenvalue weighted by Crippen LogP contribution is 2.27. The van der Waals surface area contributed by atoms with Gasteiger partial charge < -0.3 is 30.0 Å². The van der Waals surface area contributed by atoms with Crippen LogP contribution in [-0.2, 0) is 22.6 Å². The third-order valence-corrected chi connectivity index (χ3v) is 7.27. The number of carbonyl (C=O) groups is 1. The van der Waals surface area contributed by atoms with Gasteiger partial charge in [-0.1, -0.05) is 48.5 Å². The molecule has 1 aliphatic heterocycles. The Morgan fingerprint density at radius 1 is 1.05 bits per heavy atom. The molecule has 9 heteroatoms. The molecule has 0 radical (unpaired) electrons. The molecule has 0 saturated carbocycles. The standard InChI is InChI=1S/C31H38N6O3/c1-22(38)32-15-16-33-30-27-20-25(34-31(27)36-29(35-30)24-9-4-3-5-10-24)21-40-26-13-18-37(19-14-26)17-12-23-8-6-7-11-28(23)39-2/h3-11,20,26H,12-19,21H2,1-2H3,(H,32,38)(H2,33,34,35,36). The summed E-state index contributed by atoms with van der Waals surface area (Å²) in [6.07, 6.45) is 3.24. The Morgan fingerprint density at radius 3 is 2.60 bits per heavy atom. The minimum absolute atomic E-state index is 0.0528. The number of fused-ring (bicyclic) bond motifs is 1. The summed E-state index contributed by atoms with van der Waals surface area (Å²) < 4.78 is 11.8. The molecule has 1 saturated heterocycles. The van der Waals surface area contributed by atoms with Gasteiger partial charge >= 0.3 is 0 Å². The molecule has 2 aromatic carbocycles. The minimum atomic E-state index is -0.0528. The van der Waals surface area contributed by atoms with E-state index in [0.29, 0.717) is 25.5 Å². The Kier molecular flexibility index (Phi) is 9.26. The number of aromatic nitrogens is 3. The van der Waals surface area contributed by atoms with Gasteiger partial charge in [-0.2, -0.15) is 0 Å². The van der Waals surface area contributed by atoms with Crippen molar-refractivity contribution in [2.45, 2.75) is 38.9 Å². The number of rotatable bonds is 12. The van der Waals surface area contributed by atoms with Crippen LogP contribution in [0.15, 0.2) is 60.7 Å². The normalized spacial score (nSPS) is 14.3. The highest BCUT2D eigenvalue weighted by Gasteiger charge is 2.21. The number of piperidine rings is 1. The summed E-state index contributed by atoms with van der Waals surface area (Å²) in [7, 11) is 1.73. The molecule has 0 aliphatic carbocycles. The molecule has 1 aliphatic rings. The van der Waals surface area contributed by atoms with Crippen molar-refractivity contribution in [2.24, 2.45) is 0 Å². The largest absolute Gasteiger partial charge is 0.496 e. The monoisotopic (exact) mass is 542 g/mol. The van der Waals surface area contributed by atoms with Gasteiger partial charge in [0.1, 0.15) is 17.2 Å².